The third kappa shape index (κ3) is 4.71. The molecule has 0 bridgehead atoms. The summed E-state index contributed by atoms with van der Waals surface area (Å²) in [5, 5.41) is 3.10. The number of hydrogen-bond donors (Lipinski definition) is 1. The monoisotopic (exact) mass is 331 g/mol. The van der Waals surface area contributed by atoms with E-state index in [-0.39, 0.29) is 6.03 Å². The van der Waals surface area contributed by atoms with Gasteiger partial charge in [0.15, 0.2) is 0 Å². The summed E-state index contributed by atoms with van der Waals surface area (Å²) in [6.07, 6.45) is 3.11. The lowest BCUT2D eigenvalue weighted by Crippen LogP contribution is -2.49. The summed E-state index contributed by atoms with van der Waals surface area (Å²) < 4.78 is 5.41. The zero-order valence-electron chi connectivity index (χ0n) is 14.7. The fraction of sp³-hybridized carbons (Fsp3) is 0.632. The third-order valence-electron chi connectivity index (χ3n) is 5.02. The van der Waals surface area contributed by atoms with Crippen molar-refractivity contribution in [3.8, 4) is 0 Å². The van der Waals surface area contributed by atoms with Gasteiger partial charge >= 0.3 is 6.03 Å². The number of hydrogen-bond acceptors (Lipinski definition) is 3. The van der Waals surface area contributed by atoms with Crippen LogP contribution in [-0.2, 0) is 11.2 Å². The molecule has 2 aliphatic rings. The van der Waals surface area contributed by atoms with Crippen molar-refractivity contribution >= 4 is 6.03 Å². The molecule has 3 rings (SSSR count). The minimum atomic E-state index is 0.0953. The van der Waals surface area contributed by atoms with Crippen molar-refractivity contribution in [3.63, 3.8) is 0 Å². The van der Waals surface area contributed by atoms with E-state index in [1.807, 2.05) is 4.90 Å². The molecule has 1 atom stereocenters. The number of rotatable bonds is 5. The van der Waals surface area contributed by atoms with Crippen molar-refractivity contribution < 1.29 is 9.53 Å². The van der Waals surface area contributed by atoms with Crippen LogP contribution >= 0.6 is 0 Å². The highest BCUT2D eigenvalue weighted by atomic mass is 16.5. The van der Waals surface area contributed by atoms with Crippen LogP contribution in [0.4, 0.5) is 4.79 Å². The number of aryl methyl sites for hydroxylation is 1. The lowest BCUT2D eigenvalue weighted by Gasteiger charge is -2.32. The summed E-state index contributed by atoms with van der Waals surface area (Å²) in [5.41, 5.74) is 2.54. The first-order valence-corrected chi connectivity index (χ1v) is 9.12. The quantitative estimate of drug-likeness (QED) is 0.898. The maximum Gasteiger partial charge on any atom is 0.317 e. The van der Waals surface area contributed by atoms with E-state index >= 15 is 0 Å². The number of nitrogens with zero attached hydrogens (tertiary/aromatic N) is 2. The zero-order chi connectivity index (χ0) is 16.8. The predicted molar refractivity (Wildman–Crippen MR) is 95.3 cm³/mol. The number of nitrogens with one attached hydrogen (secondary N) is 1. The number of carbonyl (C=O) groups excluding carboxylic acids is 1. The van der Waals surface area contributed by atoms with Crippen molar-refractivity contribution in [1.82, 2.24) is 15.1 Å². The van der Waals surface area contributed by atoms with Crippen molar-refractivity contribution in [3.05, 3.63) is 35.4 Å². The molecule has 1 aromatic rings. The van der Waals surface area contributed by atoms with Gasteiger partial charge in [-0.05, 0) is 31.7 Å². The molecule has 1 aromatic carbocycles. The topological polar surface area (TPSA) is 44.8 Å². The average Bonchev–Trinajstić information content (AvgIpc) is 3.06. The van der Waals surface area contributed by atoms with Crippen molar-refractivity contribution in [2.24, 2.45) is 0 Å². The maximum absolute atomic E-state index is 12.5. The first-order valence-electron chi connectivity index (χ1n) is 9.12. The summed E-state index contributed by atoms with van der Waals surface area (Å²) in [5.74, 6) is 0. The van der Waals surface area contributed by atoms with E-state index in [1.54, 1.807) is 0 Å². The second-order valence-corrected chi connectivity index (χ2v) is 6.87. The van der Waals surface area contributed by atoms with Crippen LogP contribution in [-0.4, -0.2) is 67.8 Å². The Balaban J connectivity index is 1.43. The van der Waals surface area contributed by atoms with Crippen LogP contribution in [0.3, 0.4) is 0 Å². The lowest BCUT2D eigenvalue weighted by molar-refractivity contribution is 0.0292. The normalized spacial score (nSPS) is 21.9. The standard InChI is InChI=1S/C19H29N3O2/c1-16-4-6-17(7-5-16)8-9-20-19(23)22-10-2-3-18(22)15-21-11-13-24-14-12-21/h4-7,18H,2-3,8-15H2,1H3,(H,20,23)/t18-/m0/s1. The molecule has 0 saturated carbocycles. The number of morpholine rings is 1. The molecule has 2 amide bonds. The molecule has 2 aliphatic heterocycles. The first-order chi connectivity index (χ1) is 11.7. The Labute approximate surface area is 145 Å². The Morgan fingerprint density at radius 1 is 1.21 bits per heavy atom. The third-order valence-corrected chi connectivity index (χ3v) is 5.02. The highest BCUT2D eigenvalue weighted by Gasteiger charge is 2.30. The predicted octanol–water partition coefficient (Wildman–Crippen LogP) is 2.04. The molecular formula is C19H29N3O2. The Morgan fingerprint density at radius 3 is 2.71 bits per heavy atom. The summed E-state index contributed by atoms with van der Waals surface area (Å²) in [7, 11) is 0. The summed E-state index contributed by atoms with van der Waals surface area (Å²) in [6.45, 7) is 8.25. The Morgan fingerprint density at radius 2 is 1.96 bits per heavy atom. The highest BCUT2D eigenvalue weighted by molar-refractivity contribution is 5.74. The highest BCUT2D eigenvalue weighted by Crippen LogP contribution is 2.19. The molecule has 0 unspecified atom stereocenters. The molecule has 0 radical (unpaired) electrons. The van der Waals surface area contributed by atoms with Gasteiger partial charge in [-0.1, -0.05) is 29.8 Å². The van der Waals surface area contributed by atoms with Gasteiger partial charge in [0.05, 0.1) is 13.2 Å². The molecule has 5 heteroatoms. The SMILES string of the molecule is Cc1ccc(CCNC(=O)N2CCC[C@H]2CN2CCOCC2)cc1. The first kappa shape index (κ1) is 17.2. The van der Waals surface area contributed by atoms with Crippen LogP contribution in [0.15, 0.2) is 24.3 Å². The van der Waals surface area contributed by atoms with E-state index in [0.717, 1.165) is 58.7 Å². The second kappa shape index (κ2) is 8.49. The van der Waals surface area contributed by atoms with E-state index in [2.05, 4.69) is 41.4 Å². The van der Waals surface area contributed by atoms with E-state index in [9.17, 15) is 4.79 Å². The van der Waals surface area contributed by atoms with Gasteiger partial charge < -0.3 is 15.0 Å². The molecule has 0 aliphatic carbocycles. The molecular weight excluding hydrogens is 302 g/mol. The fourth-order valence-electron chi connectivity index (χ4n) is 3.54. The van der Waals surface area contributed by atoms with Crippen LogP contribution in [0.5, 0.6) is 0 Å². The van der Waals surface area contributed by atoms with Crippen LogP contribution < -0.4 is 5.32 Å². The van der Waals surface area contributed by atoms with Gasteiger partial charge in [0, 0.05) is 38.8 Å². The van der Waals surface area contributed by atoms with Gasteiger partial charge in [0.1, 0.15) is 0 Å². The van der Waals surface area contributed by atoms with Gasteiger partial charge in [-0.15, -0.1) is 0 Å². The molecule has 132 valence electrons. The number of benzene rings is 1. The van der Waals surface area contributed by atoms with Crippen molar-refractivity contribution in [1.29, 1.82) is 0 Å². The summed E-state index contributed by atoms with van der Waals surface area (Å²) >= 11 is 0. The molecule has 2 saturated heterocycles. The fourth-order valence-corrected chi connectivity index (χ4v) is 3.54. The minimum Gasteiger partial charge on any atom is -0.379 e. The Bertz CT molecular complexity index is 526. The number of likely N-dealkylation sites (tertiary alicyclic amines) is 1. The zero-order valence-corrected chi connectivity index (χ0v) is 14.7. The maximum atomic E-state index is 12.5. The number of urea groups is 1. The Kier molecular flexibility index (Phi) is 6.10. The van der Waals surface area contributed by atoms with Crippen molar-refractivity contribution in [2.75, 3.05) is 45.9 Å². The Hall–Kier alpha value is -1.59. The molecule has 24 heavy (non-hydrogen) atoms. The summed E-state index contributed by atoms with van der Waals surface area (Å²) in [6, 6.07) is 8.96. The lowest BCUT2D eigenvalue weighted by atomic mass is 10.1. The molecule has 0 aromatic heterocycles. The molecule has 5 nitrogen and oxygen atoms in total. The van der Waals surface area contributed by atoms with Crippen LogP contribution in [0, 0.1) is 6.92 Å². The van der Waals surface area contributed by atoms with Gasteiger partial charge in [-0.2, -0.15) is 0 Å². The summed E-state index contributed by atoms with van der Waals surface area (Å²) in [4.78, 5) is 17.0. The van der Waals surface area contributed by atoms with Crippen LogP contribution in [0.2, 0.25) is 0 Å². The van der Waals surface area contributed by atoms with E-state index in [4.69, 9.17) is 4.74 Å². The number of amides is 2. The second-order valence-electron chi connectivity index (χ2n) is 6.87. The molecule has 2 heterocycles. The smallest absolute Gasteiger partial charge is 0.317 e. The number of ether oxygens (including phenoxy) is 1. The van der Waals surface area contributed by atoms with Gasteiger partial charge in [-0.3, -0.25) is 4.90 Å². The molecule has 1 N–H and O–H groups in total. The van der Waals surface area contributed by atoms with Gasteiger partial charge in [-0.25, -0.2) is 4.79 Å². The van der Waals surface area contributed by atoms with E-state index in [1.165, 1.54) is 11.1 Å². The largest absolute Gasteiger partial charge is 0.379 e. The average molecular weight is 331 g/mol. The van der Waals surface area contributed by atoms with E-state index < -0.39 is 0 Å². The minimum absolute atomic E-state index is 0.0953. The van der Waals surface area contributed by atoms with Gasteiger partial charge in [0.25, 0.3) is 0 Å². The molecule has 2 fully saturated rings. The molecule has 0 spiro atoms. The van der Waals surface area contributed by atoms with E-state index in [0.29, 0.717) is 12.6 Å². The van der Waals surface area contributed by atoms with Gasteiger partial charge in [0.2, 0.25) is 0 Å². The van der Waals surface area contributed by atoms with Crippen molar-refractivity contribution in [2.45, 2.75) is 32.2 Å². The van der Waals surface area contributed by atoms with Crippen LogP contribution in [0.1, 0.15) is 24.0 Å². The van der Waals surface area contributed by atoms with Crippen LogP contribution in [0.25, 0.3) is 0 Å². The number of carbonyl (C=O) groups is 1.